The normalized spacial score (nSPS) is 14.0. The van der Waals surface area contributed by atoms with Crippen LogP contribution in [0.4, 0.5) is 16.3 Å². The Labute approximate surface area is 169 Å². The number of carbonyl (C=O) groups excluding carboxylic acids is 1. The first-order chi connectivity index (χ1) is 14.1. The Hall–Kier alpha value is -3.54. The van der Waals surface area contributed by atoms with E-state index < -0.39 is 0 Å². The summed E-state index contributed by atoms with van der Waals surface area (Å²) >= 11 is 0. The van der Waals surface area contributed by atoms with Crippen LogP contribution in [0.5, 0.6) is 11.5 Å². The number of aromatic nitrogens is 2. The molecule has 29 heavy (non-hydrogen) atoms. The maximum absolute atomic E-state index is 12.3. The van der Waals surface area contributed by atoms with Crippen molar-refractivity contribution in [1.82, 2.24) is 15.3 Å². The number of piperidine rings is 1. The summed E-state index contributed by atoms with van der Waals surface area (Å²) in [5.74, 6) is 2.18. The molecule has 2 heterocycles. The van der Waals surface area contributed by atoms with Gasteiger partial charge in [0, 0.05) is 38.1 Å². The lowest BCUT2D eigenvalue weighted by molar-refractivity contribution is 0.248. The smallest absolute Gasteiger partial charge is 0.319 e. The van der Waals surface area contributed by atoms with Crippen molar-refractivity contribution >= 4 is 17.5 Å². The first-order valence-corrected chi connectivity index (χ1v) is 9.37. The Bertz CT molecular complexity index is 890. The number of nitrogens with zero attached hydrogens (tertiary/aromatic N) is 4. The molecule has 0 atom stereocenters. The van der Waals surface area contributed by atoms with Crippen LogP contribution in [0.1, 0.15) is 18.5 Å². The second-order valence-corrected chi connectivity index (χ2v) is 6.67. The van der Waals surface area contributed by atoms with Crippen molar-refractivity contribution in [3.05, 3.63) is 36.3 Å². The fourth-order valence-electron chi connectivity index (χ4n) is 3.30. The second-order valence-electron chi connectivity index (χ2n) is 6.67. The molecular weight excluding hydrogens is 372 g/mol. The van der Waals surface area contributed by atoms with Gasteiger partial charge in [0.2, 0.25) is 0 Å². The van der Waals surface area contributed by atoms with Crippen LogP contribution in [0.2, 0.25) is 0 Å². The third-order valence-electron chi connectivity index (χ3n) is 4.91. The SMILES string of the molecule is COc1ccc(NC(=O)NCC2CCN(c3nccnc3C#N)CC2)c(OC)c1. The van der Waals surface area contributed by atoms with Crippen LogP contribution < -0.4 is 25.0 Å². The zero-order valence-electron chi connectivity index (χ0n) is 16.5. The monoisotopic (exact) mass is 396 g/mol. The largest absolute Gasteiger partial charge is 0.497 e. The summed E-state index contributed by atoms with van der Waals surface area (Å²) in [5, 5.41) is 14.9. The molecular formula is C20H24N6O3. The van der Waals surface area contributed by atoms with Crippen LogP contribution in [0.25, 0.3) is 0 Å². The highest BCUT2D eigenvalue weighted by Crippen LogP contribution is 2.29. The van der Waals surface area contributed by atoms with Crippen molar-refractivity contribution in [3.8, 4) is 17.6 Å². The predicted octanol–water partition coefficient (Wildman–Crippen LogP) is 2.40. The van der Waals surface area contributed by atoms with Gasteiger partial charge in [-0.1, -0.05) is 0 Å². The number of ether oxygens (including phenoxy) is 2. The van der Waals surface area contributed by atoms with E-state index >= 15 is 0 Å². The van der Waals surface area contributed by atoms with Crippen LogP contribution in [0.3, 0.4) is 0 Å². The molecule has 2 aromatic rings. The van der Waals surface area contributed by atoms with Crippen molar-refractivity contribution in [2.24, 2.45) is 5.92 Å². The maximum atomic E-state index is 12.3. The first kappa shape index (κ1) is 20.2. The summed E-state index contributed by atoms with van der Waals surface area (Å²) in [6.07, 6.45) is 4.91. The number of nitrogens with one attached hydrogen (secondary N) is 2. The number of anilines is 2. The molecule has 3 rings (SSSR count). The number of urea groups is 1. The lowest BCUT2D eigenvalue weighted by Gasteiger charge is -2.32. The van der Waals surface area contributed by atoms with Crippen molar-refractivity contribution in [1.29, 1.82) is 5.26 Å². The highest BCUT2D eigenvalue weighted by atomic mass is 16.5. The van der Waals surface area contributed by atoms with Crippen molar-refractivity contribution < 1.29 is 14.3 Å². The Kier molecular flexibility index (Phi) is 6.68. The predicted molar refractivity (Wildman–Crippen MR) is 108 cm³/mol. The minimum Gasteiger partial charge on any atom is -0.497 e. The van der Waals surface area contributed by atoms with E-state index in [-0.39, 0.29) is 6.03 Å². The average molecular weight is 396 g/mol. The third-order valence-corrected chi connectivity index (χ3v) is 4.91. The molecule has 1 aliphatic heterocycles. The number of methoxy groups -OCH3 is 2. The van der Waals surface area contributed by atoms with Crippen LogP contribution in [-0.2, 0) is 0 Å². The van der Waals surface area contributed by atoms with Gasteiger partial charge in [0.25, 0.3) is 0 Å². The summed E-state index contributed by atoms with van der Waals surface area (Å²) in [7, 11) is 3.12. The van der Waals surface area contributed by atoms with E-state index in [0.29, 0.717) is 41.2 Å². The molecule has 1 aromatic carbocycles. The van der Waals surface area contributed by atoms with Crippen LogP contribution in [-0.4, -0.2) is 49.9 Å². The lowest BCUT2D eigenvalue weighted by atomic mass is 9.97. The van der Waals surface area contributed by atoms with Gasteiger partial charge in [0.05, 0.1) is 19.9 Å². The van der Waals surface area contributed by atoms with Gasteiger partial charge in [0.1, 0.15) is 17.6 Å². The molecule has 1 aliphatic rings. The van der Waals surface area contributed by atoms with Gasteiger partial charge in [-0.2, -0.15) is 5.26 Å². The molecule has 152 valence electrons. The Morgan fingerprint density at radius 1 is 1.24 bits per heavy atom. The zero-order valence-corrected chi connectivity index (χ0v) is 16.5. The van der Waals surface area contributed by atoms with Crippen LogP contribution in [0, 0.1) is 17.2 Å². The molecule has 9 nitrogen and oxygen atoms in total. The number of hydrogen-bond acceptors (Lipinski definition) is 7. The Balaban J connectivity index is 1.48. The summed E-state index contributed by atoms with van der Waals surface area (Å²) in [5.41, 5.74) is 0.921. The fraction of sp³-hybridized carbons (Fsp3) is 0.400. The average Bonchev–Trinajstić information content (AvgIpc) is 2.78. The van der Waals surface area contributed by atoms with E-state index in [2.05, 4.69) is 31.6 Å². The van der Waals surface area contributed by atoms with Gasteiger partial charge in [-0.3, -0.25) is 0 Å². The summed E-state index contributed by atoms with van der Waals surface area (Å²) in [6, 6.07) is 7.02. The van der Waals surface area contributed by atoms with Gasteiger partial charge in [-0.05, 0) is 30.9 Å². The molecule has 0 radical (unpaired) electrons. The number of amides is 2. The molecule has 1 aromatic heterocycles. The van der Waals surface area contributed by atoms with Gasteiger partial charge in [-0.15, -0.1) is 0 Å². The number of rotatable bonds is 6. The van der Waals surface area contributed by atoms with Crippen molar-refractivity contribution in [2.75, 3.05) is 44.1 Å². The second kappa shape index (κ2) is 9.59. The molecule has 1 fully saturated rings. The maximum Gasteiger partial charge on any atom is 0.319 e. The Morgan fingerprint density at radius 3 is 2.69 bits per heavy atom. The van der Waals surface area contributed by atoms with Gasteiger partial charge >= 0.3 is 6.03 Å². The standard InChI is InChI=1S/C20H24N6O3/c1-28-15-3-4-16(18(11-15)29-2)25-20(27)24-13-14-5-9-26(10-6-14)19-17(12-21)22-7-8-23-19/h3-4,7-8,11,14H,5-6,9-10,13H2,1-2H3,(H2,24,25,27). The summed E-state index contributed by atoms with van der Waals surface area (Å²) < 4.78 is 10.5. The highest BCUT2D eigenvalue weighted by molar-refractivity contribution is 5.91. The minimum absolute atomic E-state index is 0.281. The highest BCUT2D eigenvalue weighted by Gasteiger charge is 2.23. The number of nitriles is 1. The topological polar surface area (TPSA) is 112 Å². The van der Waals surface area contributed by atoms with Crippen LogP contribution in [0.15, 0.2) is 30.6 Å². The Morgan fingerprint density at radius 2 is 2.00 bits per heavy atom. The third kappa shape index (κ3) is 5.04. The summed E-state index contributed by atoms with van der Waals surface area (Å²) in [6.45, 7) is 2.12. The van der Waals surface area contributed by atoms with E-state index in [1.807, 2.05) is 0 Å². The van der Waals surface area contributed by atoms with Gasteiger partial charge < -0.3 is 25.0 Å². The first-order valence-electron chi connectivity index (χ1n) is 9.37. The van der Waals surface area contributed by atoms with Gasteiger partial charge in [0.15, 0.2) is 11.5 Å². The van der Waals surface area contributed by atoms with E-state index in [4.69, 9.17) is 9.47 Å². The van der Waals surface area contributed by atoms with Crippen molar-refractivity contribution in [2.45, 2.75) is 12.8 Å². The van der Waals surface area contributed by atoms with E-state index in [0.717, 1.165) is 25.9 Å². The lowest BCUT2D eigenvalue weighted by Crippen LogP contribution is -2.40. The molecule has 9 heteroatoms. The molecule has 0 aliphatic carbocycles. The molecule has 0 bridgehead atoms. The number of hydrogen-bond donors (Lipinski definition) is 2. The minimum atomic E-state index is -0.281. The molecule has 2 amide bonds. The van der Waals surface area contributed by atoms with E-state index in [1.54, 1.807) is 38.6 Å². The molecule has 0 saturated carbocycles. The van der Waals surface area contributed by atoms with E-state index in [1.165, 1.54) is 6.20 Å². The molecule has 0 spiro atoms. The molecule has 0 unspecified atom stereocenters. The quantitative estimate of drug-likeness (QED) is 0.771. The molecule has 2 N–H and O–H groups in total. The van der Waals surface area contributed by atoms with Crippen molar-refractivity contribution in [3.63, 3.8) is 0 Å². The summed E-state index contributed by atoms with van der Waals surface area (Å²) in [4.78, 5) is 22.7. The number of benzene rings is 1. The van der Waals surface area contributed by atoms with Crippen LogP contribution >= 0.6 is 0 Å². The fourth-order valence-corrected chi connectivity index (χ4v) is 3.30. The zero-order chi connectivity index (χ0) is 20.6. The molecule has 1 saturated heterocycles. The number of carbonyl (C=O) groups is 1. The van der Waals surface area contributed by atoms with Gasteiger partial charge in [-0.25, -0.2) is 14.8 Å². The van der Waals surface area contributed by atoms with E-state index in [9.17, 15) is 10.1 Å².